The van der Waals surface area contributed by atoms with Crippen molar-refractivity contribution < 1.29 is 9.53 Å². The number of aromatic nitrogens is 2. The first-order valence-corrected chi connectivity index (χ1v) is 12.4. The Bertz CT molecular complexity index is 1390. The molecule has 36 heavy (non-hydrogen) atoms. The molecule has 5 rings (SSSR count). The number of ether oxygens (including phenoxy) is 1. The van der Waals surface area contributed by atoms with Crippen molar-refractivity contribution in [2.45, 2.75) is 25.7 Å². The van der Waals surface area contributed by atoms with Gasteiger partial charge in [0.15, 0.2) is 0 Å². The van der Waals surface area contributed by atoms with Gasteiger partial charge in [-0.3, -0.25) is 0 Å². The Balaban J connectivity index is 1.39. The summed E-state index contributed by atoms with van der Waals surface area (Å²) in [5.74, 6) is 1.95. The minimum Gasteiger partial charge on any atom is -0.497 e. The zero-order valence-corrected chi connectivity index (χ0v) is 21.4. The average molecular weight is 484 g/mol. The van der Waals surface area contributed by atoms with E-state index in [0.717, 1.165) is 64.7 Å². The minimum atomic E-state index is -0.0643. The molecule has 1 aliphatic heterocycles. The third kappa shape index (κ3) is 4.61. The highest BCUT2D eigenvalue weighted by molar-refractivity contribution is 5.90. The topological polar surface area (TPSA) is 62.1 Å². The van der Waals surface area contributed by atoms with Crippen molar-refractivity contribution in [2.24, 2.45) is 0 Å². The number of likely N-dealkylation sites (tertiary alicyclic amines) is 1. The van der Waals surface area contributed by atoms with Gasteiger partial charge in [0.2, 0.25) is 0 Å². The molecule has 2 amide bonds. The number of urea groups is 1. The number of anilines is 2. The maximum atomic E-state index is 13.2. The first-order valence-electron chi connectivity index (χ1n) is 12.4. The van der Waals surface area contributed by atoms with Crippen LogP contribution in [0.25, 0.3) is 16.8 Å². The van der Waals surface area contributed by atoms with Gasteiger partial charge in [0.1, 0.15) is 11.6 Å². The van der Waals surface area contributed by atoms with Crippen LogP contribution in [0.15, 0.2) is 66.9 Å². The zero-order chi connectivity index (χ0) is 25.2. The Morgan fingerprint density at radius 1 is 1.11 bits per heavy atom. The monoisotopic (exact) mass is 483 g/mol. The van der Waals surface area contributed by atoms with E-state index in [2.05, 4.69) is 39.9 Å². The van der Waals surface area contributed by atoms with E-state index in [1.54, 1.807) is 7.11 Å². The summed E-state index contributed by atoms with van der Waals surface area (Å²) in [5.41, 5.74) is 6.09. The fourth-order valence-corrected chi connectivity index (χ4v) is 5.14. The van der Waals surface area contributed by atoms with Crippen molar-refractivity contribution in [3.63, 3.8) is 0 Å². The fraction of sp³-hybridized carbons (Fsp3) is 0.310. The van der Waals surface area contributed by atoms with E-state index in [1.807, 2.05) is 67.5 Å². The van der Waals surface area contributed by atoms with Crippen LogP contribution >= 0.6 is 0 Å². The van der Waals surface area contributed by atoms with E-state index in [4.69, 9.17) is 9.72 Å². The number of hydrogen-bond donors (Lipinski definition) is 1. The van der Waals surface area contributed by atoms with Crippen molar-refractivity contribution in [1.29, 1.82) is 0 Å². The van der Waals surface area contributed by atoms with Crippen LogP contribution in [0.5, 0.6) is 5.75 Å². The standard InChI is InChI=1S/C29H33N5O2/c1-20-17-23(13-14-25(20)32(2)3)30-29(35)33-15-8-10-22(19-33)28-31-27(26-12-5-6-16-34(26)28)21-9-7-11-24(18-21)36-4/h5-7,9,11-14,16-18,22H,8,10,15,19H2,1-4H3,(H,30,35). The highest BCUT2D eigenvalue weighted by Gasteiger charge is 2.29. The number of nitrogens with one attached hydrogen (secondary N) is 1. The van der Waals surface area contributed by atoms with Gasteiger partial charge in [-0.15, -0.1) is 0 Å². The van der Waals surface area contributed by atoms with Crippen LogP contribution in [-0.2, 0) is 0 Å². The van der Waals surface area contributed by atoms with Crippen LogP contribution < -0.4 is 15.0 Å². The lowest BCUT2D eigenvalue weighted by atomic mass is 9.97. The summed E-state index contributed by atoms with van der Waals surface area (Å²) in [6.45, 7) is 3.43. The molecular weight excluding hydrogens is 450 g/mol. The predicted octanol–water partition coefficient (Wildman–Crippen LogP) is 5.80. The highest BCUT2D eigenvalue weighted by Crippen LogP contribution is 2.33. The number of amides is 2. The number of hydrogen-bond acceptors (Lipinski definition) is 4. The van der Waals surface area contributed by atoms with Gasteiger partial charge >= 0.3 is 6.03 Å². The molecule has 1 saturated heterocycles. The number of fused-ring (bicyclic) bond motifs is 1. The molecule has 0 spiro atoms. The quantitative estimate of drug-likeness (QED) is 0.390. The number of rotatable bonds is 5. The number of nitrogens with zero attached hydrogens (tertiary/aromatic N) is 4. The average Bonchev–Trinajstić information content (AvgIpc) is 3.28. The highest BCUT2D eigenvalue weighted by atomic mass is 16.5. The molecule has 1 N–H and O–H groups in total. The second-order valence-corrected chi connectivity index (χ2v) is 9.62. The van der Waals surface area contributed by atoms with E-state index in [9.17, 15) is 4.79 Å². The second-order valence-electron chi connectivity index (χ2n) is 9.62. The minimum absolute atomic E-state index is 0.0643. The van der Waals surface area contributed by atoms with Crippen molar-refractivity contribution in [3.05, 3.63) is 78.2 Å². The molecule has 0 radical (unpaired) electrons. The number of piperidine rings is 1. The molecule has 2 aromatic heterocycles. The van der Waals surface area contributed by atoms with Crippen LogP contribution in [-0.4, -0.2) is 54.6 Å². The first kappa shape index (κ1) is 23.7. The van der Waals surface area contributed by atoms with E-state index < -0.39 is 0 Å². The van der Waals surface area contributed by atoms with Crippen molar-refractivity contribution in [2.75, 3.05) is 44.5 Å². The lowest BCUT2D eigenvalue weighted by Gasteiger charge is -2.32. The first-order chi connectivity index (χ1) is 17.4. The van der Waals surface area contributed by atoms with Crippen LogP contribution in [0.2, 0.25) is 0 Å². The van der Waals surface area contributed by atoms with Crippen molar-refractivity contribution >= 4 is 22.9 Å². The number of methoxy groups -OCH3 is 1. The number of carbonyl (C=O) groups is 1. The van der Waals surface area contributed by atoms with Gasteiger partial charge in [0.25, 0.3) is 0 Å². The summed E-state index contributed by atoms with van der Waals surface area (Å²) in [6, 6.07) is 20.1. The van der Waals surface area contributed by atoms with Crippen LogP contribution in [0, 0.1) is 6.92 Å². The molecule has 7 heteroatoms. The number of carbonyl (C=O) groups excluding carboxylic acids is 1. The molecule has 1 unspecified atom stereocenters. The molecule has 0 saturated carbocycles. The van der Waals surface area contributed by atoms with E-state index >= 15 is 0 Å². The summed E-state index contributed by atoms with van der Waals surface area (Å²) < 4.78 is 7.61. The number of pyridine rings is 1. The summed E-state index contributed by atoms with van der Waals surface area (Å²) in [5, 5.41) is 3.10. The largest absolute Gasteiger partial charge is 0.497 e. The third-order valence-corrected chi connectivity index (χ3v) is 6.92. The number of imidazole rings is 1. The smallest absolute Gasteiger partial charge is 0.321 e. The molecule has 1 aliphatic rings. The van der Waals surface area contributed by atoms with Crippen LogP contribution in [0.4, 0.5) is 16.2 Å². The Labute approximate surface area is 212 Å². The Morgan fingerprint density at radius 3 is 2.75 bits per heavy atom. The maximum Gasteiger partial charge on any atom is 0.321 e. The van der Waals surface area contributed by atoms with Gasteiger partial charge in [0.05, 0.1) is 18.3 Å². The van der Waals surface area contributed by atoms with Crippen molar-refractivity contribution in [3.8, 4) is 17.0 Å². The lowest BCUT2D eigenvalue weighted by molar-refractivity contribution is 0.191. The van der Waals surface area contributed by atoms with Gasteiger partial charge in [0, 0.05) is 56.2 Å². The Kier molecular flexibility index (Phi) is 6.55. The lowest BCUT2D eigenvalue weighted by Crippen LogP contribution is -2.42. The molecule has 186 valence electrons. The van der Waals surface area contributed by atoms with E-state index in [0.29, 0.717) is 6.54 Å². The van der Waals surface area contributed by atoms with Crippen molar-refractivity contribution in [1.82, 2.24) is 14.3 Å². The Morgan fingerprint density at radius 2 is 1.97 bits per heavy atom. The van der Waals surface area contributed by atoms with Crippen LogP contribution in [0.1, 0.15) is 30.1 Å². The van der Waals surface area contributed by atoms with Crippen LogP contribution in [0.3, 0.4) is 0 Å². The molecule has 1 atom stereocenters. The number of aryl methyl sites for hydroxylation is 1. The normalized spacial score (nSPS) is 15.7. The summed E-state index contributed by atoms with van der Waals surface area (Å²) in [4.78, 5) is 22.3. The molecular formula is C29H33N5O2. The van der Waals surface area contributed by atoms with Gasteiger partial charge in [-0.25, -0.2) is 9.78 Å². The van der Waals surface area contributed by atoms with E-state index in [1.165, 1.54) is 0 Å². The molecule has 4 aromatic rings. The maximum absolute atomic E-state index is 13.2. The van der Waals surface area contributed by atoms with Gasteiger partial charge in [-0.05, 0) is 67.8 Å². The summed E-state index contributed by atoms with van der Waals surface area (Å²) >= 11 is 0. The molecule has 2 aromatic carbocycles. The summed E-state index contributed by atoms with van der Waals surface area (Å²) in [7, 11) is 5.72. The second kappa shape index (κ2) is 9.93. The molecule has 1 fully saturated rings. The fourth-order valence-electron chi connectivity index (χ4n) is 5.14. The molecule has 3 heterocycles. The van der Waals surface area contributed by atoms with Gasteiger partial charge < -0.3 is 24.3 Å². The predicted molar refractivity (Wildman–Crippen MR) is 145 cm³/mol. The molecule has 7 nitrogen and oxygen atoms in total. The third-order valence-electron chi connectivity index (χ3n) is 6.92. The molecule has 0 aliphatic carbocycles. The van der Waals surface area contributed by atoms with Gasteiger partial charge in [-0.1, -0.05) is 18.2 Å². The Hall–Kier alpha value is -4.00. The summed E-state index contributed by atoms with van der Waals surface area (Å²) in [6.07, 6.45) is 3.99. The zero-order valence-electron chi connectivity index (χ0n) is 21.4. The van der Waals surface area contributed by atoms with E-state index in [-0.39, 0.29) is 11.9 Å². The van der Waals surface area contributed by atoms with Gasteiger partial charge in [-0.2, -0.15) is 0 Å². The number of benzene rings is 2. The molecule has 0 bridgehead atoms. The SMILES string of the molecule is COc1cccc(-c2nc(C3CCCN(C(=O)Nc4ccc(N(C)C)c(C)c4)C3)n3ccccc23)c1.